The van der Waals surface area contributed by atoms with Crippen LogP contribution in [-0.2, 0) is 0 Å². The van der Waals surface area contributed by atoms with Crippen LogP contribution in [0.25, 0.3) is 11.5 Å². The van der Waals surface area contributed by atoms with E-state index in [0.29, 0.717) is 18.1 Å². The SMILES string of the molecule is O=C(Nc1cccc(-c2nnco2)c1)N1CCC[C@@H]1CO. The molecule has 0 unspecified atom stereocenters. The zero-order chi connectivity index (χ0) is 14.7. The van der Waals surface area contributed by atoms with Gasteiger partial charge in [-0.05, 0) is 31.0 Å². The first-order valence-corrected chi connectivity index (χ1v) is 6.83. The molecule has 0 spiro atoms. The minimum absolute atomic E-state index is 0.00452. The Morgan fingerprint density at radius 1 is 1.52 bits per heavy atom. The first kappa shape index (κ1) is 13.6. The highest BCUT2D eigenvalue weighted by Crippen LogP contribution is 2.22. The molecule has 110 valence electrons. The second kappa shape index (κ2) is 5.92. The summed E-state index contributed by atoms with van der Waals surface area (Å²) in [5, 5.41) is 19.6. The fourth-order valence-corrected chi connectivity index (χ4v) is 2.52. The zero-order valence-corrected chi connectivity index (χ0v) is 11.4. The van der Waals surface area contributed by atoms with Gasteiger partial charge in [0.2, 0.25) is 12.3 Å². The van der Waals surface area contributed by atoms with Gasteiger partial charge in [-0.3, -0.25) is 0 Å². The number of anilines is 1. The average Bonchev–Trinajstić information content (AvgIpc) is 3.18. The molecule has 1 fully saturated rings. The number of aliphatic hydroxyl groups is 1. The van der Waals surface area contributed by atoms with Crippen LogP contribution in [0.5, 0.6) is 0 Å². The number of hydrogen-bond acceptors (Lipinski definition) is 5. The molecule has 0 bridgehead atoms. The number of hydrogen-bond donors (Lipinski definition) is 2. The number of carbonyl (C=O) groups is 1. The van der Waals surface area contributed by atoms with E-state index < -0.39 is 0 Å². The summed E-state index contributed by atoms with van der Waals surface area (Å²) < 4.78 is 5.14. The van der Waals surface area contributed by atoms with Gasteiger partial charge >= 0.3 is 6.03 Å². The predicted molar refractivity (Wildman–Crippen MR) is 75.6 cm³/mol. The summed E-state index contributed by atoms with van der Waals surface area (Å²) in [5.74, 6) is 0.403. The van der Waals surface area contributed by atoms with E-state index in [1.165, 1.54) is 6.39 Å². The highest BCUT2D eigenvalue weighted by molar-refractivity contribution is 5.90. The van der Waals surface area contributed by atoms with E-state index in [2.05, 4.69) is 15.5 Å². The van der Waals surface area contributed by atoms with Crippen LogP contribution in [0, 0.1) is 0 Å². The van der Waals surface area contributed by atoms with Crippen molar-refractivity contribution in [2.45, 2.75) is 18.9 Å². The van der Waals surface area contributed by atoms with E-state index in [0.717, 1.165) is 18.4 Å². The predicted octanol–water partition coefficient (Wildman–Crippen LogP) is 1.73. The van der Waals surface area contributed by atoms with Crippen LogP contribution >= 0.6 is 0 Å². The summed E-state index contributed by atoms with van der Waals surface area (Å²) in [6.45, 7) is 0.663. The van der Waals surface area contributed by atoms with Gasteiger partial charge in [-0.2, -0.15) is 0 Å². The van der Waals surface area contributed by atoms with Crippen molar-refractivity contribution in [2.75, 3.05) is 18.5 Å². The summed E-state index contributed by atoms with van der Waals surface area (Å²) in [5.41, 5.74) is 1.39. The average molecular weight is 288 g/mol. The number of carbonyl (C=O) groups excluding carboxylic acids is 1. The molecule has 1 saturated heterocycles. The van der Waals surface area contributed by atoms with Crippen molar-refractivity contribution >= 4 is 11.7 Å². The van der Waals surface area contributed by atoms with Gasteiger partial charge in [-0.1, -0.05) is 6.07 Å². The van der Waals surface area contributed by atoms with Crippen molar-refractivity contribution < 1.29 is 14.3 Å². The first-order valence-electron chi connectivity index (χ1n) is 6.83. The topological polar surface area (TPSA) is 91.5 Å². The monoisotopic (exact) mass is 288 g/mol. The number of nitrogens with one attached hydrogen (secondary N) is 1. The number of likely N-dealkylation sites (tertiary alicyclic amines) is 1. The highest BCUT2D eigenvalue weighted by atomic mass is 16.4. The summed E-state index contributed by atoms with van der Waals surface area (Å²) in [6, 6.07) is 6.91. The standard InChI is InChI=1S/C14H16N4O3/c19-8-12-5-2-6-18(12)14(20)16-11-4-1-3-10(7-11)13-17-15-9-21-13/h1,3-4,7,9,12,19H,2,5-6,8H2,(H,16,20)/t12-/m1/s1. The normalized spacial score (nSPS) is 18.0. The Morgan fingerprint density at radius 3 is 3.19 bits per heavy atom. The third-order valence-electron chi connectivity index (χ3n) is 3.57. The Balaban J connectivity index is 1.73. The number of urea groups is 1. The highest BCUT2D eigenvalue weighted by Gasteiger charge is 2.28. The van der Waals surface area contributed by atoms with Crippen molar-refractivity contribution in [1.29, 1.82) is 0 Å². The summed E-state index contributed by atoms with van der Waals surface area (Å²) in [7, 11) is 0. The largest absolute Gasteiger partial charge is 0.423 e. The van der Waals surface area contributed by atoms with Crippen LogP contribution in [0.1, 0.15) is 12.8 Å². The van der Waals surface area contributed by atoms with Gasteiger partial charge in [-0.25, -0.2) is 4.79 Å². The van der Waals surface area contributed by atoms with Gasteiger partial charge in [-0.15, -0.1) is 10.2 Å². The minimum Gasteiger partial charge on any atom is -0.423 e. The van der Waals surface area contributed by atoms with Crippen LogP contribution in [0.2, 0.25) is 0 Å². The molecule has 1 aromatic heterocycles. The van der Waals surface area contributed by atoms with Crippen LogP contribution in [0.4, 0.5) is 10.5 Å². The van der Waals surface area contributed by atoms with Gasteiger partial charge < -0.3 is 19.7 Å². The van der Waals surface area contributed by atoms with Crippen molar-refractivity contribution in [3.05, 3.63) is 30.7 Å². The molecule has 21 heavy (non-hydrogen) atoms. The Bertz CT molecular complexity index is 614. The van der Waals surface area contributed by atoms with Gasteiger partial charge in [0.15, 0.2) is 0 Å². The maximum Gasteiger partial charge on any atom is 0.322 e. The van der Waals surface area contributed by atoms with Gasteiger partial charge in [0.1, 0.15) is 0 Å². The molecular formula is C14H16N4O3. The number of aliphatic hydroxyl groups excluding tert-OH is 1. The molecule has 0 aliphatic carbocycles. The molecule has 7 heteroatoms. The Morgan fingerprint density at radius 2 is 2.43 bits per heavy atom. The maximum absolute atomic E-state index is 12.2. The van der Waals surface area contributed by atoms with E-state index in [1.807, 2.05) is 12.1 Å². The Kier molecular flexibility index (Phi) is 3.83. The molecule has 1 aliphatic rings. The number of benzene rings is 1. The van der Waals surface area contributed by atoms with E-state index in [4.69, 9.17) is 4.42 Å². The lowest BCUT2D eigenvalue weighted by Crippen LogP contribution is -2.40. The molecular weight excluding hydrogens is 272 g/mol. The second-order valence-electron chi connectivity index (χ2n) is 4.93. The second-order valence-corrected chi connectivity index (χ2v) is 4.93. The van der Waals surface area contributed by atoms with Crippen molar-refractivity contribution in [3.63, 3.8) is 0 Å². The van der Waals surface area contributed by atoms with Gasteiger partial charge in [0.05, 0.1) is 12.6 Å². The van der Waals surface area contributed by atoms with E-state index in [1.54, 1.807) is 17.0 Å². The molecule has 2 heterocycles. The number of aromatic nitrogens is 2. The lowest BCUT2D eigenvalue weighted by molar-refractivity contribution is 0.166. The molecule has 1 atom stereocenters. The molecule has 2 N–H and O–H groups in total. The fraction of sp³-hybridized carbons (Fsp3) is 0.357. The smallest absolute Gasteiger partial charge is 0.322 e. The first-order chi connectivity index (χ1) is 10.3. The molecule has 2 amide bonds. The summed E-state index contributed by atoms with van der Waals surface area (Å²) in [6.07, 6.45) is 3.02. The van der Waals surface area contributed by atoms with Gasteiger partial charge in [0.25, 0.3) is 0 Å². The molecule has 2 aromatic rings. The maximum atomic E-state index is 12.2. The summed E-state index contributed by atoms with van der Waals surface area (Å²) in [4.78, 5) is 13.9. The van der Waals surface area contributed by atoms with E-state index in [-0.39, 0.29) is 18.7 Å². The van der Waals surface area contributed by atoms with Crippen LogP contribution in [-0.4, -0.2) is 45.4 Å². The van der Waals surface area contributed by atoms with Crippen LogP contribution in [0.3, 0.4) is 0 Å². The summed E-state index contributed by atoms with van der Waals surface area (Å²) >= 11 is 0. The van der Waals surface area contributed by atoms with Gasteiger partial charge in [0, 0.05) is 17.8 Å². The molecule has 7 nitrogen and oxygen atoms in total. The molecule has 1 aliphatic heterocycles. The third-order valence-corrected chi connectivity index (χ3v) is 3.57. The van der Waals surface area contributed by atoms with E-state index in [9.17, 15) is 9.90 Å². The molecule has 0 saturated carbocycles. The number of amides is 2. The Hall–Kier alpha value is -2.41. The number of nitrogens with zero attached hydrogens (tertiary/aromatic N) is 3. The zero-order valence-electron chi connectivity index (χ0n) is 11.4. The lowest BCUT2D eigenvalue weighted by Gasteiger charge is -2.23. The lowest BCUT2D eigenvalue weighted by atomic mass is 10.2. The fourth-order valence-electron chi connectivity index (χ4n) is 2.52. The van der Waals surface area contributed by atoms with E-state index >= 15 is 0 Å². The van der Waals surface area contributed by atoms with Crippen molar-refractivity contribution in [2.24, 2.45) is 0 Å². The minimum atomic E-state index is -0.200. The van der Waals surface area contributed by atoms with Crippen LogP contribution < -0.4 is 5.32 Å². The van der Waals surface area contributed by atoms with Crippen molar-refractivity contribution in [1.82, 2.24) is 15.1 Å². The molecule has 3 rings (SSSR count). The number of rotatable bonds is 3. The molecule has 1 aromatic carbocycles. The molecule has 0 radical (unpaired) electrons. The van der Waals surface area contributed by atoms with Crippen molar-refractivity contribution in [3.8, 4) is 11.5 Å². The quantitative estimate of drug-likeness (QED) is 0.897. The Labute approximate surface area is 121 Å². The van der Waals surface area contributed by atoms with Crippen LogP contribution in [0.15, 0.2) is 35.1 Å². The third kappa shape index (κ3) is 2.87.